The molecular formula is C24H17F2N3O2S. The molecule has 0 radical (unpaired) electrons. The second-order valence-electron chi connectivity index (χ2n) is 7.02. The highest BCUT2D eigenvalue weighted by Crippen LogP contribution is 2.40. The van der Waals surface area contributed by atoms with Gasteiger partial charge in [0, 0.05) is 40.8 Å². The first-order valence-electron chi connectivity index (χ1n) is 9.61. The Morgan fingerprint density at radius 1 is 1.06 bits per heavy atom. The molecule has 0 aliphatic heterocycles. The lowest BCUT2D eigenvalue weighted by molar-refractivity contribution is -0.387. The van der Waals surface area contributed by atoms with Gasteiger partial charge in [-0.3, -0.25) is 10.1 Å². The molecule has 1 heterocycles. The van der Waals surface area contributed by atoms with Gasteiger partial charge in [0.25, 0.3) is 5.69 Å². The van der Waals surface area contributed by atoms with Gasteiger partial charge in [0.1, 0.15) is 11.6 Å². The fourth-order valence-electron chi connectivity index (χ4n) is 3.45. The number of hydrogen-bond donors (Lipinski definition) is 1. The minimum atomic E-state index is -0.651. The van der Waals surface area contributed by atoms with Gasteiger partial charge in [-0.1, -0.05) is 29.8 Å². The van der Waals surface area contributed by atoms with Crippen molar-refractivity contribution < 1.29 is 13.7 Å². The number of nitro benzene ring substituents is 1. The van der Waals surface area contributed by atoms with E-state index in [-0.39, 0.29) is 12.2 Å². The molecule has 1 aromatic heterocycles. The average molecular weight is 449 g/mol. The normalized spacial score (nSPS) is 10.8. The predicted octanol–water partition coefficient (Wildman–Crippen LogP) is 6.07. The van der Waals surface area contributed by atoms with Crippen LogP contribution in [0.3, 0.4) is 0 Å². The van der Waals surface area contributed by atoms with Gasteiger partial charge >= 0.3 is 0 Å². The first kappa shape index (κ1) is 21.4. The third-order valence-corrected chi connectivity index (χ3v) is 5.91. The zero-order valence-corrected chi connectivity index (χ0v) is 17.5. The summed E-state index contributed by atoms with van der Waals surface area (Å²) in [6.45, 7) is 0.570. The van der Waals surface area contributed by atoms with E-state index >= 15 is 0 Å². The summed E-state index contributed by atoms with van der Waals surface area (Å²) in [5.74, 6) is 1.22. The van der Waals surface area contributed by atoms with Crippen molar-refractivity contribution >= 4 is 34.0 Å². The van der Waals surface area contributed by atoms with Crippen molar-refractivity contribution in [3.05, 3.63) is 94.2 Å². The van der Waals surface area contributed by atoms with Crippen LogP contribution in [0.2, 0.25) is 0 Å². The third-order valence-electron chi connectivity index (χ3n) is 4.80. The highest BCUT2D eigenvalue weighted by Gasteiger charge is 2.17. The maximum absolute atomic E-state index is 13.7. The smallest absolute Gasteiger partial charge is 0.283 e. The number of halogens is 2. The zero-order chi connectivity index (χ0) is 22.7. The quantitative estimate of drug-likeness (QED) is 0.211. The lowest BCUT2D eigenvalue weighted by Crippen LogP contribution is -2.01. The lowest BCUT2D eigenvalue weighted by atomic mass is 10.2. The van der Waals surface area contributed by atoms with Crippen LogP contribution >= 0.6 is 11.8 Å². The Bertz CT molecular complexity index is 1340. The Balaban J connectivity index is 1.80. The summed E-state index contributed by atoms with van der Waals surface area (Å²) in [4.78, 5) is 12.3. The molecule has 0 saturated heterocycles. The number of para-hydroxylation sites is 1. The van der Waals surface area contributed by atoms with E-state index < -0.39 is 16.6 Å². The molecule has 3 aromatic carbocycles. The minimum absolute atomic E-state index is 0.0120. The van der Waals surface area contributed by atoms with E-state index in [0.29, 0.717) is 17.0 Å². The number of benzene rings is 3. The Hall–Kier alpha value is -3.83. The molecule has 0 aliphatic rings. The van der Waals surface area contributed by atoms with Gasteiger partial charge in [0.2, 0.25) is 0 Å². The first-order valence-corrected chi connectivity index (χ1v) is 10.4. The molecule has 0 amide bonds. The molecule has 8 heteroatoms. The maximum atomic E-state index is 13.7. The molecule has 0 fully saturated rings. The number of terminal acetylenes is 1. The Morgan fingerprint density at radius 3 is 2.53 bits per heavy atom. The van der Waals surface area contributed by atoms with Crippen molar-refractivity contribution in [1.82, 2.24) is 4.57 Å². The van der Waals surface area contributed by atoms with Gasteiger partial charge in [-0.25, -0.2) is 8.78 Å². The van der Waals surface area contributed by atoms with E-state index in [0.717, 1.165) is 27.6 Å². The van der Waals surface area contributed by atoms with Crippen LogP contribution in [0.15, 0.2) is 76.7 Å². The molecule has 0 unspecified atom stereocenters. The summed E-state index contributed by atoms with van der Waals surface area (Å²) in [7, 11) is 0. The number of nitrogens with one attached hydrogen (secondary N) is 1. The predicted molar refractivity (Wildman–Crippen MR) is 122 cm³/mol. The van der Waals surface area contributed by atoms with E-state index in [1.54, 1.807) is 18.2 Å². The van der Waals surface area contributed by atoms with E-state index in [1.807, 2.05) is 29.0 Å². The van der Waals surface area contributed by atoms with Crippen molar-refractivity contribution in [3.63, 3.8) is 0 Å². The lowest BCUT2D eigenvalue weighted by Gasteiger charge is -2.08. The van der Waals surface area contributed by atoms with Crippen LogP contribution in [0.25, 0.3) is 10.9 Å². The largest absolute Gasteiger partial charge is 0.374 e. The van der Waals surface area contributed by atoms with Gasteiger partial charge in [0.05, 0.1) is 21.9 Å². The zero-order valence-electron chi connectivity index (χ0n) is 16.7. The average Bonchev–Trinajstić information content (AvgIpc) is 3.08. The highest BCUT2D eigenvalue weighted by atomic mass is 32.2. The number of nitrogens with zero attached hydrogens (tertiary/aromatic N) is 2. The molecule has 0 aliphatic carbocycles. The SMILES string of the molecule is C#CCNc1ccc2c(Sc3ccccc3[N+](=O)[O-])cn(Cc3cc(F)cc(F)c3)c2c1. The van der Waals surface area contributed by atoms with Crippen molar-refractivity contribution in [3.8, 4) is 12.3 Å². The number of rotatable bonds is 7. The van der Waals surface area contributed by atoms with Gasteiger partial charge in [-0.2, -0.15) is 0 Å². The molecule has 0 atom stereocenters. The molecule has 32 heavy (non-hydrogen) atoms. The monoisotopic (exact) mass is 449 g/mol. The third kappa shape index (κ3) is 4.58. The molecule has 5 nitrogen and oxygen atoms in total. The van der Waals surface area contributed by atoms with E-state index in [9.17, 15) is 18.9 Å². The number of hydrogen-bond acceptors (Lipinski definition) is 4. The summed E-state index contributed by atoms with van der Waals surface area (Å²) in [6.07, 6.45) is 7.16. The Kier molecular flexibility index (Phi) is 6.10. The van der Waals surface area contributed by atoms with E-state index in [4.69, 9.17) is 6.42 Å². The molecule has 0 bridgehead atoms. The first-order chi connectivity index (χ1) is 15.4. The van der Waals surface area contributed by atoms with Crippen LogP contribution in [0.5, 0.6) is 0 Å². The summed E-state index contributed by atoms with van der Waals surface area (Å²) >= 11 is 1.27. The van der Waals surface area contributed by atoms with Gasteiger partial charge in [-0.15, -0.1) is 6.42 Å². The number of anilines is 1. The van der Waals surface area contributed by atoms with E-state index in [1.165, 1.54) is 30.0 Å². The standard InChI is InChI=1S/C24H17F2N3O2S/c1-2-9-27-19-7-8-20-22(13-19)28(14-16-10-17(25)12-18(26)11-16)15-24(20)32-23-6-4-3-5-21(23)29(30)31/h1,3-8,10-13,15,27H,9,14H2. The molecule has 4 aromatic rings. The van der Waals surface area contributed by atoms with E-state index in [2.05, 4.69) is 11.2 Å². The molecule has 4 rings (SSSR count). The van der Waals surface area contributed by atoms with Crippen molar-refractivity contribution in [2.24, 2.45) is 0 Å². The van der Waals surface area contributed by atoms with Crippen molar-refractivity contribution in [1.29, 1.82) is 0 Å². The maximum Gasteiger partial charge on any atom is 0.283 e. The second-order valence-corrected chi connectivity index (χ2v) is 8.10. The summed E-state index contributed by atoms with van der Waals surface area (Å²) in [5.41, 5.74) is 2.07. The molecule has 1 N–H and O–H groups in total. The fourth-order valence-corrected chi connectivity index (χ4v) is 4.54. The van der Waals surface area contributed by atoms with Gasteiger partial charge in [0.15, 0.2) is 0 Å². The number of fused-ring (bicyclic) bond motifs is 1. The number of nitro groups is 1. The highest BCUT2D eigenvalue weighted by molar-refractivity contribution is 7.99. The molecule has 0 spiro atoms. The van der Waals surface area contributed by atoms with Crippen molar-refractivity contribution in [2.75, 3.05) is 11.9 Å². The Morgan fingerprint density at radius 2 is 1.81 bits per heavy atom. The molecule has 160 valence electrons. The topological polar surface area (TPSA) is 60.1 Å². The van der Waals surface area contributed by atoms with Gasteiger partial charge in [-0.05, 0) is 42.0 Å². The number of aromatic nitrogens is 1. The second kappa shape index (κ2) is 9.12. The van der Waals surface area contributed by atoms with Crippen LogP contribution in [-0.2, 0) is 6.54 Å². The van der Waals surface area contributed by atoms with Crippen LogP contribution in [0.4, 0.5) is 20.2 Å². The fraction of sp³-hybridized carbons (Fsp3) is 0.0833. The minimum Gasteiger partial charge on any atom is -0.374 e. The summed E-state index contributed by atoms with van der Waals surface area (Å²) in [5, 5.41) is 15.4. The molecule has 0 saturated carbocycles. The summed E-state index contributed by atoms with van der Waals surface area (Å²) < 4.78 is 29.3. The van der Waals surface area contributed by atoms with Crippen LogP contribution in [0.1, 0.15) is 5.56 Å². The van der Waals surface area contributed by atoms with Crippen molar-refractivity contribution in [2.45, 2.75) is 16.3 Å². The van der Waals surface area contributed by atoms with Gasteiger partial charge < -0.3 is 9.88 Å². The van der Waals surface area contributed by atoms with Crippen LogP contribution in [0, 0.1) is 34.1 Å². The van der Waals surface area contributed by atoms with Crippen LogP contribution in [-0.4, -0.2) is 16.0 Å². The van der Waals surface area contributed by atoms with Crippen LogP contribution < -0.4 is 5.32 Å². The summed E-state index contributed by atoms with van der Waals surface area (Å²) in [6, 6.07) is 15.6. The Labute approximate surface area is 187 Å². The molecular weight excluding hydrogens is 432 g/mol.